The minimum Gasteiger partial charge on any atom is -0.474 e. The zero-order valence-electron chi connectivity index (χ0n) is 8.90. The van der Waals surface area contributed by atoms with Gasteiger partial charge < -0.3 is 9.47 Å². The molecule has 0 amide bonds. The molecule has 0 radical (unpaired) electrons. The molecule has 1 aliphatic rings. The molecule has 1 aromatic rings. The Bertz CT molecular complexity index is 369. The zero-order valence-corrected chi connectivity index (χ0v) is 8.90. The minimum absolute atomic E-state index is 0.0932. The Kier molecular flexibility index (Phi) is 2.73. The lowest BCUT2D eigenvalue weighted by molar-refractivity contribution is 0.0915. The van der Waals surface area contributed by atoms with Crippen molar-refractivity contribution < 1.29 is 14.3 Å². The second-order valence-electron chi connectivity index (χ2n) is 3.52. The summed E-state index contributed by atoms with van der Waals surface area (Å²) in [6.45, 7) is 4.73. The third kappa shape index (κ3) is 2.36. The molecule has 1 saturated heterocycles. The molecule has 5 nitrogen and oxygen atoms in total. The van der Waals surface area contributed by atoms with E-state index in [0.717, 1.165) is 18.7 Å². The van der Waals surface area contributed by atoms with Crippen LogP contribution in [0.2, 0.25) is 0 Å². The Hall–Kier alpha value is -1.36. The van der Waals surface area contributed by atoms with Crippen LogP contribution in [-0.2, 0) is 11.2 Å². The Labute approximate surface area is 88.0 Å². The molecular weight excluding hydrogens is 196 g/mol. The number of ether oxygens (including phenoxy) is 2. The number of hydrogen-bond acceptors (Lipinski definition) is 4. The molecule has 0 saturated carbocycles. The molecular formula is C10H14N2O3. The Morgan fingerprint density at radius 3 is 3.00 bits per heavy atom. The van der Waals surface area contributed by atoms with Gasteiger partial charge in [-0.15, -0.1) is 5.10 Å². The van der Waals surface area contributed by atoms with Crippen LogP contribution in [0.25, 0.3) is 0 Å². The largest absolute Gasteiger partial charge is 0.474 e. The fourth-order valence-electron chi connectivity index (χ4n) is 1.33. The van der Waals surface area contributed by atoms with Gasteiger partial charge in [0.05, 0.1) is 12.3 Å². The van der Waals surface area contributed by atoms with Gasteiger partial charge in [0.1, 0.15) is 12.7 Å². The first-order valence-corrected chi connectivity index (χ1v) is 5.05. The van der Waals surface area contributed by atoms with Crippen molar-refractivity contribution in [2.45, 2.75) is 26.4 Å². The Balaban J connectivity index is 2.06. The van der Waals surface area contributed by atoms with Crippen LogP contribution in [0.5, 0.6) is 5.88 Å². The maximum atomic E-state index is 11.2. The molecule has 1 atom stereocenters. The maximum Gasteiger partial charge on any atom is 0.244 e. The molecule has 2 rings (SSSR count). The van der Waals surface area contributed by atoms with Crippen molar-refractivity contribution >= 4 is 5.91 Å². The fraction of sp³-hybridized carbons (Fsp3) is 0.600. The quantitative estimate of drug-likeness (QED) is 0.692. The van der Waals surface area contributed by atoms with E-state index < -0.39 is 0 Å². The van der Waals surface area contributed by atoms with Gasteiger partial charge in [-0.25, -0.2) is 4.68 Å². The van der Waals surface area contributed by atoms with Crippen LogP contribution in [0.15, 0.2) is 6.07 Å². The first kappa shape index (κ1) is 10.2. The number of nitrogens with zero attached hydrogens (tertiary/aromatic N) is 2. The molecule has 0 N–H and O–H groups in total. The number of epoxide rings is 1. The molecule has 82 valence electrons. The highest BCUT2D eigenvalue weighted by Gasteiger charge is 2.23. The molecule has 0 bridgehead atoms. The molecule has 0 spiro atoms. The van der Waals surface area contributed by atoms with Crippen LogP contribution in [0.4, 0.5) is 0 Å². The van der Waals surface area contributed by atoms with Gasteiger partial charge in [-0.3, -0.25) is 4.79 Å². The molecule has 0 aromatic carbocycles. The molecule has 0 aliphatic carbocycles. The van der Waals surface area contributed by atoms with E-state index in [2.05, 4.69) is 5.10 Å². The van der Waals surface area contributed by atoms with Gasteiger partial charge in [-0.2, -0.15) is 0 Å². The highest BCUT2D eigenvalue weighted by Crippen LogP contribution is 2.15. The van der Waals surface area contributed by atoms with E-state index in [9.17, 15) is 4.79 Å². The summed E-state index contributed by atoms with van der Waals surface area (Å²) in [5.41, 5.74) is 0.870. The summed E-state index contributed by atoms with van der Waals surface area (Å²) in [4.78, 5) is 11.2. The number of carbonyl (C=O) groups excluding carboxylic acids is 1. The third-order valence-corrected chi connectivity index (χ3v) is 2.24. The Morgan fingerprint density at radius 1 is 1.80 bits per heavy atom. The summed E-state index contributed by atoms with van der Waals surface area (Å²) < 4.78 is 11.8. The van der Waals surface area contributed by atoms with Crippen LogP contribution in [-0.4, -0.2) is 35.0 Å². The Morgan fingerprint density at radius 2 is 2.53 bits per heavy atom. The van der Waals surface area contributed by atoms with Gasteiger partial charge in [-0.05, 0) is 6.42 Å². The smallest absolute Gasteiger partial charge is 0.244 e. The van der Waals surface area contributed by atoms with Gasteiger partial charge >= 0.3 is 0 Å². The lowest BCUT2D eigenvalue weighted by Crippen LogP contribution is -2.11. The molecule has 15 heavy (non-hydrogen) atoms. The molecule has 0 unspecified atom stereocenters. The zero-order chi connectivity index (χ0) is 10.8. The minimum atomic E-state index is -0.0932. The number of aromatic nitrogens is 2. The predicted molar refractivity (Wildman–Crippen MR) is 53.1 cm³/mol. The summed E-state index contributed by atoms with van der Waals surface area (Å²) in [6, 6.07) is 1.80. The van der Waals surface area contributed by atoms with E-state index in [-0.39, 0.29) is 12.0 Å². The maximum absolute atomic E-state index is 11.2. The first-order valence-electron chi connectivity index (χ1n) is 5.05. The number of carbonyl (C=O) groups is 1. The fourth-order valence-corrected chi connectivity index (χ4v) is 1.33. The highest BCUT2D eigenvalue weighted by molar-refractivity contribution is 5.76. The van der Waals surface area contributed by atoms with Gasteiger partial charge in [0.15, 0.2) is 0 Å². The summed E-state index contributed by atoms with van der Waals surface area (Å²) in [5, 5.41) is 4.07. The van der Waals surface area contributed by atoms with E-state index in [4.69, 9.17) is 9.47 Å². The van der Waals surface area contributed by atoms with Crippen molar-refractivity contribution in [1.29, 1.82) is 0 Å². The van der Waals surface area contributed by atoms with Gasteiger partial charge in [-0.1, -0.05) is 6.92 Å². The predicted octanol–water partition coefficient (Wildman–Crippen LogP) is 0.883. The van der Waals surface area contributed by atoms with Crippen LogP contribution in [0.1, 0.15) is 24.3 Å². The van der Waals surface area contributed by atoms with Gasteiger partial charge in [0.25, 0.3) is 0 Å². The van der Waals surface area contributed by atoms with E-state index in [1.807, 2.05) is 6.92 Å². The second kappa shape index (κ2) is 4.02. The van der Waals surface area contributed by atoms with Crippen molar-refractivity contribution in [2.24, 2.45) is 0 Å². The molecule has 5 heteroatoms. The number of hydrogen-bond donors (Lipinski definition) is 0. The van der Waals surface area contributed by atoms with Gasteiger partial charge in [0, 0.05) is 13.0 Å². The monoisotopic (exact) mass is 210 g/mol. The van der Waals surface area contributed by atoms with Crippen molar-refractivity contribution in [3.8, 4) is 5.88 Å². The summed E-state index contributed by atoms with van der Waals surface area (Å²) in [7, 11) is 0. The number of rotatable bonds is 4. The highest BCUT2D eigenvalue weighted by atomic mass is 16.6. The average molecular weight is 210 g/mol. The summed E-state index contributed by atoms with van der Waals surface area (Å²) >= 11 is 0. The standard InChI is InChI=1S/C10H14N2O3/c1-3-8-4-10(11-12(8)7(2)13)15-6-9-5-14-9/h4,9H,3,5-6H2,1-2H3/t9-/m1/s1. The number of aryl methyl sites for hydroxylation is 1. The van der Waals surface area contributed by atoms with Crippen LogP contribution < -0.4 is 4.74 Å². The normalized spacial score (nSPS) is 18.9. The van der Waals surface area contributed by atoms with Crippen LogP contribution >= 0.6 is 0 Å². The molecule has 1 aromatic heterocycles. The van der Waals surface area contributed by atoms with E-state index in [0.29, 0.717) is 12.5 Å². The van der Waals surface area contributed by atoms with Crippen molar-refractivity contribution in [2.75, 3.05) is 13.2 Å². The van der Waals surface area contributed by atoms with Crippen LogP contribution in [0.3, 0.4) is 0 Å². The second-order valence-corrected chi connectivity index (χ2v) is 3.52. The molecule has 1 fully saturated rings. The van der Waals surface area contributed by atoms with E-state index in [1.165, 1.54) is 11.6 Å². The van der Waals surface area contributed by atoms with Crippen molar-refractivity contribution in [3.63, 3.8) is 0 Å². The molecule has 2 heterocycles. The van der Waals surface area contributed by atoms with E-state index >= 15 is 0 Å². The van der Waals surface area contributed by atoms with Crippen molar-refractivity contribution in [3.05, 3.63) is 11.8 Å². The summed E-state index contributed by atoms with van der Waals surface area (Å²) in [5.74, 6) is 0.405. The lowest BCUT2D eigenvalue weighted by atomic mass is 10.3. The van der Waals surface area contributed by atoms with Crippen molar-refractivity contribution in [1.82, 2.24) is 9.78 Å². The lowest BCUT2D eigenvalue weighted by Gasteiger charge is -1.98. The average Bonchev–Trinajstić information content (AvgIpc) is 2.94. The first-order chi connectivity index (χ1) is 7.20. The van der Waals surface area contributed by atoms with E-state index in [1.54, 1.807) is 6.07 Å². The third-order valence-electron chi connectivity index (χ3n) is 2.24. The van der Waals surface area contributed by atoms with Crippen LogP contribution in [0, 0.1) is 0 Å². The summed E-state index contributed by atoms with van der Waals surface area (Å²) in [6.07, 6.45) is 0.966. The SMILES string of the molecule is CCc1cc(OC[C@H]2CO2)nn1C(C)=O. The topological polar surface area (TPSA) is 56.6 Å². The molecule has 1 aliphatic heterocycles. The van der Waals surface area contributed by atoms with Gasteiger partial charge in [0.2, 0.25) is 11.8 Å².